The molecule has 0 saturated carbocycles. The van der Waals surface area contributed by atoms with Crippen LogP contribution in [-0.4, -0.2) is 6.54 Å². The fourth-order valence-electron chi connectivity index (χ4n) is 1.29. The average Bonchev–Trinajstić information content (AvgIpc) is 2.04. The van der Waals surface area contributed by atoms with Gasteiger partial charge in [0.05, 0.1) is 5.41 Å². The molecule has 0 heterocycles. The Morgan fingerprint density at radius 1 is 1.38 bits per heavy atom. The van der Waals surface area contributed by atoms with E-state index in [0.29, 0.717) is 6.54 Å². The SMILES string of the molecule is [C-]#[N+]CC(C)(C)c1ccccc1Br. The Morgan fingerprint density at radius 3 is 2.54 bits per heavy atom. The highest BCUT2D eigenvalue weighted by Crippen LogP contribution is 2.29. The van der Waals surface area contributed by atoms with Gasteiger partial charge in [0.15, 0.2) is 0 Å². The largest absolute Gasteiger partial charge is 0.316 e. The summed E-state index contributed by atoms with van der Waals surface area (Å²) in [6, 6.07) is 8.07. The molecule has 0 spiro atoms. The lowest BCUT2D eigenvalue weighted by molar-refractivity contribution is 0.569. The Morgan fingerprint density at radius 2 is 2.00 bits per heavy atom. The van der Waals surface area contributed by atoms with Crippen molar-refractivity contribution in [3.05, 3.63) is 45.7 Å². The number of rotatable bonds is 2. The van der Waals surface area contributed by atoms with Crippen LogP contribution in [0.5, 0.6) is 0 Å². The molecule has 1 aromatic carbocycles. The van der Waals surface area contributed by atoms with Crippen LogP contribution in [0, 0.1) is 6.57 Å². The van der Waals surface area contributed by atoms with Crippen LogP contribution in [0.1, 0.15) is 19.4 Å². The van der Waals surface area contributed by atoms with Crippen molar-refractivity contribution in [2.45, 2.75) is 19.3 Å². The summed E-state index contributed by atoms with van der Waals surface area (Å²) in [5.41, 5.74) is 1.13. The minimum Gasteiger partial charge on any atom is -0.316 e. The standard InChI is InChI=1S/C11H12BrN/c1-11(2,8-13-3)9-6-4-5-7-10(9)12/h4-7H,8H2,1-2H3. The second-order valence-corrected chi connectivity index (χ2v) is 4.53. The molecule has 0 fully saturated rings. The molecule has 1 nitrogen and oxygen atoms in total. The molecule has 0 aliphatic heterocycles. The summed E-state index contributed by atoms with van der Waals surface area (Å²) in [5, 5.41) is 0. The maximum atomic E-state index is 6.89. The van der Waals surface area contributed by atoms with E-state index in [9.17, 15) is 0 Å². The Bertz CT molecular complexity index is 336. The first kappa shape index (κ1) is 10.3. The van der Waals surface area contributed by atoms with Crippen LogP contribution in [0.25, 0.3) is 4.85 Å². The molecular formula is C11H12BrN. The van der Waals surface area contributed by atoms with Crippen LogP contribution < -0.4 is 0 Å². The van der Waals surface area contributed by atoms with E-state index in [2.05, 4.69) is 40.7 Å². The van der Waals surface area contributed by atoms with Gasteiger partial charge >= 0.3 is 0 Å². The van der Waals surface area contributed by atoms with Gasteiger partial charge in [0, 0.05) is 4.47 Å². The van der Waals surface area contributed by atoms with Gasteiger partial charge in [0.2, 0.25) is 6.54 Å². The Hall–Kier alpha value is -0.810. The smallest absolute Gasteiger partial charge is 0.223 e. The Labute approximate surface area is 87.7 Å². The van der Waals surface area contributed by atoms with Gasteiger partial charge in [0.25, 0.3) is 0 Å². The van der Waals surface area contributed by atoms with E-state index in [0.717, 1.165) is 4.47 Å². The lowest BCUT2D eigenvalue weighted by Crippen LogP contribution is -2.20. The molecule has 0 atom stereocenters. The van der Waals surface area contributed by atoms with E-state index in [1.807, 2.05) is 18.2 Å². The molecule has 1 rings (SSSR count). The molecule has 0 aliphatic carbocycles. The predicted molar refractivity (Wildman–Crippen MR) is 58.6 cm³/mol. The van der Waals surface area contributed by atoms with Crippen LogP contribution in [0.2, 0.25) is 0 Å². The van der Waals surface area contributed by atoms with Gasteiger partial charge in [0.1, 0.15) is 0 Å². The number of nitrogens with zero attached hydrogens (tertiary/aromatic N) is 1. The van der Waals surface area contributed by atoms with Crippen molar-refractivity contribution in [1.29, 1.82) is 0 Å². The van der Waals surface area contributed by atoms with Crippen LogP contribution in [-0.2, 0) is 5.41 Å². The summed E-state index contributed by atoms with van der Waals surface area (Å²) in [6.07, 6.45) is 0. The topological polar surface area (TPSA) is 4.36 Å². The summed E-state index contributed by atoms with van der Waals surface area (Å²) in [6.45, 7) is 11.6. The molecule has 0 radical (unpaired) electrons. The molecule has 2 heteroatoms. The van der Waals surface area contributed by atoms with Gasteiger partial charge < -0.3 is 4.85 Å². The number of hydrogen-bond donors (Lipinski definition) is 0. The molecule has 0 aromatic heterocycles. The summed E-state index contributed by atoms with van der Waals surface area (Å²) in [7, 11) is 0. The number of hydrogen-bond acceptors (Lipinski definition) is 0. The van der Waals surface area contributed by atoms with Crippen LogP contribution in [0.15, 0.2) is 28.7 Å². The fraction of sp³-hybridized carbons (Fsp3) is 0.364. The van der Waals surface area contributed by atoms with Crippen molar-refractivity contribution < 1.29 is 0 Å². The highest BCUT2D eigenvalue weighted by Gasteiger charge is 2.25. The summed E-state index contributed by atoms with van der Waals surface area (Å²) in [5.74, 6) is 0. The third kappa shape index (κ3) is 2.32. The summed E-state index contributed by atoms with van der Waals surface area (Å²) < 4.78 is 1.09. The first-order chi connectivity index (χ1) is 6.08. The van der Waals surface area contributed by atoms with Crippen molar-refractivity contribution in [3.8, 4) is 0 Å². The molecule has 0 saturated heterocycles. The molecular weight excluding hydrogens is 226 g/mol. The van der Waals surface area contributed by atoms with E-state index in [1.54, 1.807) is 0 Å². The molecule has 1 aromatic rings. The molecule has 13 heavy (non-hydrogen) atoms. The zero-order valence-corrected chi connectivity index (χ0v) is 9.43. The van der Waals surface area contributed by atoms with Gasteiger partial charge in [-0.3, -0.25) is 0 Å². The van der Waals surface area contributed by atoms with Crippen molar-refractivity contribution in [2.24, 2.45) is 0 Å². The third-order valence-electron chi connectivity index (χ3n) is 2.08. The van der Waals surface area contributed by atoms with E-state index in [-0.39, 0.29) is 5.41 Å². The van der Waals surface area contributed by atoms with E-state index in [4.69, 9.17) is 6.57 Å². The summed E-state index contributed by atoms with van der Waals surface area (Å²) >= 11 is 3.50. The van der Waals surface area contributed by atoms with Gasteiger partial charge in [-0.25, -0.2) is 6.57 Å². The second-order valence-electron chi connectivity index (χ2n) is 3.68. The highest BCUT2D eigenvalue weighted by molar-refractivity contribution is 9.10. The second kappa shape index (κ2) is 3.93. The first-order valence-corrected chi connectivity index (χ1v) is 4.95. The Balaban J connectivity index is 3.08. The molecule has 0 bridgehead atoms. The zero-order chi connectivity index (χ0) is 9.90. The number of benzene rings is 1. The average molecular weight is 238 g/mol. The van der Waals surface area contributed by atoms with Crippen LogP contribution >= 0.6 is 15.9 Å². The third-order valence-corrected chi connectivity index (χ3v) is 2.77. The fourth-order valence-corrected chi connectivity index (χ4v) is 2.11. The van der Waals surface area contributed by atoms with Crippen molar-refractivity contribution in [2.75, 3.05) is 6.54 Å². The zero-order valence-electron chi connectivity index (χ0n) is 7.84. The van der Waals surface area contributed by atoms with Gasteiger partial charge in [-0.05, 0) is 25.5 Å². The highest BCUT2D eigenvalue weighted by atomic mass is 79.9. The van der Waals surface area contributed by atoms with Gasteiger partial charge in [-0.1, -0.05) is 34.1 Å². The van der Waals surface area contributed by atoms with Gasteiger partial charge in [-0.2, -0.15) is 0 Å². The van der Waals surface area contributed by atoms with Crippen molar-refractivity contribution >= 4 is 15.9 Å². The minimum atomic E-state index is -0.0676. The molecule has 0 N–H and O–H groups in total. The molecule has 0 unspecified atom stereocenters. The lowest BCUT2D eigenvalue weighted by atomic mass is 9.85. The minimum absolute atomic E-state index is 0.0676. The van der Waals surface area contributed by atoms with E-state index < -0.39 is 0 Å². The number of halogens is 1. The first-order valence-electron chi connectivity index (χ1n) is 4.16. The van der Waals surface area contributed by atoms with Crippen molar-refractivity contribution in [3.63, 3.8) is 0 Å². The van der Waals surface area contributed by atoms with Crippen LogP contribution in [0.4, 0.5) is 0 Å². The van der Waals surface area contributed by atoms with Gasteiger partial charge in [-0.15, -0.1) is 0 Å². The monoisotopic (exact) mass is 237 g/mol. The Kier molecular flexibility index (Phi) is 3.11. The van der Waals surface area contributed by atoms with Crippen molar-refractivity contribution in [1.82, 2.24) is 0 Å². The maximum Gasteiger partial charge on any atom is 0.223 e. The van der Waals surface area contributed by atoms with Crippen LogP contribution in [0.3, 0.4) is 0 Å². The molecule has 68 valence electrons. The molecule has 0 amide bonds. The van der Waals surface area contributed by atoms with E-state index in [1.165, 1.54) is 5.56 Å². The lowest BCUT2D eigenvalue weighted by Gasteiger charge is -2.19. The van der Waals surface area contributed by atoms with E-state index >= 15 is 0 Å². The quantitative estimate of drug-likeness (QED) is 0.693. The summed E-state index contributed by atoms with van der Waals surface area (Å²) in [4.78, 5) is 3.45. The predicted octanol–water partition coefficient (Wildman–Crippen LogP) is 3.65. The molecule has 0 aliphatic rings. The maximum absolute atomic E-state index is 6.89. The normalized spacial score (nSPS) is 10.9.